The maximum Gasteiger partial charge on any atom is 0.142 e. The number of fused-ring (bicyclic) bond motifs is 3. The third-order valence-corrected chi connectivity index (χ3v) is 3.53. The van der Waals surface area contributed by atoms with Crippen LogP contribution in [-0.2, 0) is 0 Å². The van der Waals surface area contributed by atoms with Crippen molar-refractivity contribution in [1.29, 1.82) is 0 Å². The first-order chi connectivity index (χ1) is 9.43. The average molecular weight is 244 g/mol. The number of benzene rings is 3. The lowest BCUT2D eigenvalue weighted by atomic mass is 10.0. The molecule has 0 amide bonds. The molecule has 1 nitrogen and oxygen atoms in total. The second-order valence-electron chi connectivity index (χ2n) is 4.68. The van der Waals surface area contributed by atoms with E-state index in [4.69, 9.17) is 4.42 Å². The topological polar surface area (TPSA) is 13.1 Å². The molecular weight excluding hydrogens is 232 g/mol. The summed E-state index contributed by atoms with van der Waals surface area (Å²) in [5.41, 5.74) is 1.12. The molecule has 0 saturated heterocycles. The highest BCUT2D eigenvalue weighted by Gasteiger charge is 2.11. The number of furan rings is 1. The van der Waals surface area contributed by atoms with Gasteiger partial charge in [0, 0.05) is 16.3 Å². The molecule has 1 heterocycles. The molecule has 1 heteroatoms. The van der Waals surface area contributed by atoms with Crippen LogP contribution < -0.4 is 0 Å². The SMILES string of the molecule is c1ccc(-c2occ3ccc4ccccc4c23)cc1. The smallest absolute Gasteiger partial charge is 0.142 e. The van der Waals surface area contributed by atoms with E-state index in [9.17, 15) is 0 Å². The van der Waals surface area contributed by atoms with Crippen molar-refractivity contribution in [3.8, 4) is 11.3 Å². The van der Waals surface area contributed by atoms with E-state index < -0.39 is 0 Å². The highest BCUT2D eigenvalue weighted by Crippen LogP contribution is 2.35. The highest BCUT2D eigenvalue weighted by atomic mass is 16.3. The Kier molecular flexibility index (Phi) is 2.18. The maximum absolute atomic E-state index is 5.81. The minimum atomic E-state index is 0.951. The molecule has 3 aromatic carbocycles. The summed E-state index contributed by atoms with van der Waals surface area (Å²) in [6.45, 7) is 0. The van der Waals surface area contributed by atoms with E-state index in [0.29, 0.717) is 0 Å². The normalized spacial score (nSPS) is 11.2. The van der Waals surface area contributed by atoms with Crippen molar-refractivity contribution in [2.24, 2.45) is 0 Å². The Morgan fingerprint density at radius 3 is 2.26 bits per heavy atom. The van der Waals surface area contributed by atoms with Gasteiger partial charge in [0.1, 0.15) is 5.76 Å². The molecule has 0 aliphatic carbocycles. The van der Waals surface area contributed by atoms with Crippen LogP contribution in [0.4, 0.5) is 0 Å². The molecule has 0 radical (unpaired) electrons. The van der Waals surface area contributed by atoms with E-state index >= 15 is 0 Å². The molecule has 0 unspecified atom stereocenters. The van der Waals surface area contributed by atoms with Crippen molar-refractivity contribution in [1.82, 2.24) is 0 Å². The first-order valence-corrected chi connectivity index (χ1v) is 6.38. The van der Waals surface area contributed by atoms with Crippen molar-refractivity contribution in [3.63, 3.8) is 0 Å². The van der Waals surface area contributed by atoms with E-state index in [1.807, 2.05) is 24.5 Å². The molecule has 4 aromatic rings. The summed E-state index contributed by atoms with van der Waals surface area (Å²) >= 11 is 0. The number of hydrogen-bond donors (Lipinski definition) is 0. The lowest BCUT2D eigenvalue weighted by molar-refractivity contribution is 0.587. The Balaban J connectivity index is 2.15. The molecule has 0 saturated carbocycles. The Labute approximate surface area is 111 Å². The van der Waals surface area contributed by atoms with Crippen LogP contribution in [0, 0.1) is 0 Å². The lowest BCUT2D eigenvalue weighted by Gasteiger charge is -2.02. The standard InChI is InChI=1S/C18H12O/c1-2-7-14(8-3-1)18-17-15(12-19-18)11-10-13-6-4-5-9-16(13)17/h1-12H. The summed E-state index contributed by atoms with van der Waals surface area (Å²) in [4.78, 5) is 0. The first-order valence-electron chi connectivity index (χ1n) is 6.38. The van der Waals surface area contributed by atoms with Gasteiger partial charge in [-0.25, -0.2) is 0 Å². The lowest BCUT2D eigenvalue weighted by Crippen LogP contribution is -1.77. The fraction of sp³-hybridized carbons (Fsp3) is 0. The summed E-state index contributed by atoms with van der Waals surface area (Å²) in [7, 11) is 0. The predicted molar refractivity (Wildman–Crippen MR) is 79.2 cm³/mol. The van der Waals surface area contributed by atoms with Crippen LogP contribution in [0.1, 0.15) is 0 Å². The third kappa shape index (κ3) is 1.55. The van der Waals surface area contributed by atoms with Crippen LogP contribution in [0.2, 0.25) is 0 Å². The van der Waals surface area contributed by atoms with Gasteiger partial charge in [0.15, 0.2) is 0 Å². The van der Waals surface area contributed by atoms with Gasteiger partial charge in [0.25, 0.3) is 0 Å². The van der Waals surface area contributed by atoms with Gasteiger partial charge in [-0.1, -0.05) is 66.7 Å². The van der Waals surface area contributed by atoms with Crippen LogP contribution in [-0.4, -0.2) is 0 Å². The fourth-order valence-electron chi connectivity index (χ4n) is 2.62. The quantitative estimate of drug-likeness (QED) is 0.445. The zero-order valence-corrected chi connectivity index (χ0v) is 10.3. The van der Waals surface area contributed by atoms with E-state index in [2.05, 4.69) is 48.5 Å². The fourth-order valence-corrected chi connectivity index (χ4v) is 2.62. The van der Waals surface area contributed by atoms with Crippen LogP contribution in [0.25, 0.3) is 32.9 Å². The molecule has 4 rings (SSSR count). The van der Waals surface area contributed by atoms with Gasteiger partial charge in [-0.3, -0.25) is 0 Å². The number of hydrogen-bond acceptors (Lipinski definition) is 1. The minimum Gasteiger partial charge on any atom is -0.463 e. The van der Waals surface area contributed by atoms with E-state index in [-0.39, 0.29) is 0 Å². The van der Waals surface area contributed by atoms with E-state index in [1.54, 1.807) is 0 Å². The van der Waals surface area contributed by atoms with Gasteiger partial charge in [-0.2, -0.15) is 0 Å². The van der Waals surface area contributed by atoms with Crippen LogP contribution in [0.3, 0.4) is 0 Å². The van der Waals surface area contributed by atoms with Gasteiger partial charge < -0.3 is 4.42 Å². The molecule has 90 valence electrons. The van der Waals surface area contributed by atoms with Gasteiger partial charge >= 0.3 is 0 Å². The van der Waals surface area contributed by atoms with Crippen LogP contribution >= 0.6 is 0 Å². The van der Waals surface area contributed by atoms with Crippen molar-refractivity contribution in [2.75, 3.05) is 0 Å². The summed E-state index contributed by atoms with van der Waals surface area (Å²) in [6, 6.07) is 22.9. The molecule has 0 atom stereocenters. The van der Waals surface area contributed by atoms with Crippen LogP contribution in [0.15, 0.2) is 77.4 Å². The second kappa shape index (κ2) is 3.99. The van der Waals surface area contributed by atoms with Crippen molar-refractivity contribution >= 4 is 21.5 Å². The van der Waals surface area contributed by atoms with Gasteiger partial charge in [-0.15, -0.1) is 0 Å². The van der Waals surface area contributed by atoms with Crippen molar-refractivity contribution in [2.45, 2.75) is 0 Å². The molecule has 0 N–H and O–H groups in total. The van der Waals surface area contributed by atoms with Gasteiger partial charge in [0.05, 0.1) is 6.26 Å². The molecule has 0 bridgehead atoms. The molecule has 1 aromatic heterocycles. The van der Waals surface area contributed by atoms with Crippen molar-refractivity contribution < 1.29 is 4.42 Å². The van der Waals surface area contributed by atoms with Gasteiger partial charge in [-0.05, 0) is 10.8 Å². The Morgan fingerprint density at radius 1 is 0.632 bits per heavy atom. The second-order valence-corrected chi connectivity index (χ2v) is 4.68. The van der Waals surface area contributed by atoms with Crippen LogP contribution in [0.5, 0.6) is 0 Å². The number of rotatable bonds is 1. The molecule has 19 heavy (non-hydrogen) atoms. The maximum atomic E-state index is 5.81. The van der Waals surface area contributed by atoms with E-state index in [1.165, 1.54) is 16.2 Å². The van der Waals surface area contributed by atoms with Gasteiger partial charge in [0.2, 0.25) is 0 Å². The minimum absolute atomic E-state index is 0.951. The highest BCUT2D eigenvalue weighted by molar-refractivity contribution is 6.13. The average Bonchev–Trinajstić information content (AvgIpc) is 2.92. The molecule has 0 fully saturated rings. The Bertz CT molecular complexity index is 857. The molecule has 0 aliphatic heterocycles. The summed E-state index contributed by atoms with van der Waals surface area (Å²) in [5, 5.41) is 4.84. The molecule has 0 spiro atoms. The summed E-state index contributed by atoms with van der Waals surface area (Å²) in [5.74, 6) is 0.951. The predicted octanol–water partition coefficient (Wildman–Crippen LogP) is 5.25. The van der Waals surface area contributed by atoms with E-state index in [0.717, 1.165) is 16.7 Å². The Morgan fingerprint density at radius 2 is 1.37 bits per heavy atom. The molecular formula is C18H12O. The summed E-state index contributed by atoms with van der Waals surface area (Å²) < 4.78 is 5.81. The monoisotopic (exact) mass is 244 g/mol. The molecule has 0 aliphatic rings. The first kappa shape index (κ1) is 10.4. The zero-order valence-electron chi connectivity index (χ0n) is 10.3. The van der Waals surface area contributed by atoms with Crippen molar-refractivity contribution in [3.05, 3.63) is 73.0 Å². The Hall–Kier alpha value is -2.54. The largest absolute Gasteiger partial charge is 0.463 e. The zero-order chi connectivity index (χ0) is 12.7. The summed E-state index contributed by atoms with van der Waals surface area (Å²) in [6.07, 6.45) is 1.84. The third-order valence-electron chi connectivity index (χ3n) is 3.53.